The fourth-order valence-corrected chi connectivity index (χ4v) is 0. The Labute approximate surface area is 158 Å². The predicted octanol–water partition coefficient (Wildman–Crippen LogP) is -3.13. The first-order chi connectivity index (χ1) is 7.39. The van der Waals surface area contributed by atoms with Crippen molar-refractivity contribution >= 4 is 8.25 Å². The number of hydrogen-bond donors (Lipinski definition) is 0. The van der Waals surface area contributed by atoms with Crippen molar-refractivity contribution in [3.05, 3.63) is 50.6 Å². The van der Waals surface area contributed by atoms with Crippen LogP contribution in [0.3, 0.4) is 0 Å². The average Bonchev–Trinajstić information content (AvgIpc) is 2.06. The normalized spacial score (nSPS) is 4.83. The first-order valence-corrected chi connectivity index (χ1v) is 5.78. The molecule has 0 fully saturated rings. The minimum atomic E-state index is -3.63. The third-order valence-electron chi connectivity index (χ3n) is 0. The quantitative estimate of drug-likeness (QED) is 0.270. The molecule has 0 heterocycles. The number of hydrogen-bond acceptors (Lipinski definition) is 3. The third-order valence-corrected chi connectivity index (χ3v) is 0. The molecule has 0 rings (SSSR count). The second kappa shape index (κ2) is 80.6. The van der Waals surface area contributed by atoms with Gasteiger partial charge in [-0.25, -0.2) is 0 Å². The first kappa shape index (κ1) is 42.7. The van der Waals surface area contributed by atoms with E-state index in [2.05, 4.69) is 26.3 Å². The van der Waals surface area contributed by atoms with E-state index in [-0.39, 0.29) is 59.1 Å². The van der Waals surface area contributed by atoms with Crippen LogP contribution < -0.4 is 68.9 Å². The molecule has 3 nitrogen and oxygen atoms in total. The van der Waals surface area contributed by atoms with E-state index in [4.69, 9.17) is 14.4 Å². The molecule has 0 bridgehead atoms. The van der Waals surface area contributed by atoms with E-state index in [0.717, 1.165) is 0 Å². The molecule has 0 aromatic carbocycles. The molecule has 0 N–H and O–H groups in total. The average molecular weight is 294 g/mol. The van der Waals surface area contributed by atoms with Crippen molar-refractivity contribution in [1.29, 1.82) is 0 Å². The second-order valence-electron chi connectivity index (χ2n) is 1.88. The standard InChI is InChI=1S/4C3H6.2Na.H3O3P/c4*1-3-2;;;1-4(2)3/h4*3H,1H2,2H3;;;4H,(H2,1,2,3)/q;;;;2*+1;/p-2. The van der Waals surface area contributed by atoms with Crippen LogP contribution in [-0.4, -0.2) is 0 Å². The molecule has 0 saturated carbocycles. The molecule has 0 aliphatic rings. The Morgan fingerprint density at radius 2 is 0.722 bits per heavy atom. The molecule has 0 aliphatic carbocycles. The van der Waals surface area contributed by atoms with Crippen LogP contribution in [0.15, 0.2) is 50.6 Å². The Morgan fingerprint density at radius 1 is 0.722 bits per heavy atom. The van der Waals surface area contributed by atoms with Gasteiger partial charge in [0.2, 0.25) is 0 Å². The van der Waals surface area contributed by atoms with Gasteiger partial charge < -0.3 is 14.4 Å². The molecule has 0 amide bonds. The summed E-state index contributed by atoms with van der Waals surface area (Å²) in [4.78, 5) is 17.0. The maximum atomic E-state index is 8.52. The maximum absolute atomic E-state index is 8.52. The van der Waals surface area contributed by atoms with E-state index >= 15 is 0 Å². The van der Waals surface area contributed by atoms with Crippen LogP contribution in [0.25, 0.3) is 0 Å². The Kier molecular flexibility index (Phi) is 191. The minimum Gasteiger partial charge on any atom is -0.813 e. The molecule has 0 atom stereocenters. The second-order valence-corrected chi connectivity index (χ2v) is 2.38. The molecule has 6 heteroatoms. The fourth-order valence-electron chi connectivity index (χ4n) is 0. The summed E-state index contributed by atoms with van der Waals surface area (Å²) >= 11 is 0. The maximum Gasteiger partial charge on any atom is 1.00 e. The summed E-state index contributed by atoms with van der Waals surface area (Å²) in [6.07, 6.45) is 7.00. The van der Waals surface area contributed by atoms with Gasteiger partial charge in [0.05, 0.1) is 0 Å². The van der Waals surface area contributed by atoms with Crippen LogP contribution in [0.5, 0.6) is 0 Å². The summed E-state index contributed by atoms with van der Waals surface area (Å²) in [6, 6.07) is 0. The van der Waals surface area contributed by atoms with Crippen molar-refractivity contribution in [2.45, 2.75) is 27.7 Å². The van der Waals surface area contributed by atoms with Gasteiger partial charge >= 0.3 is 59.1 Å². The zero-order chi connectivity index (χ0) is 14.4. The molecule has 0 spiro atoms. The predicted molar refractivity (Wildman–Crippen MR) is 72.5 cm³/mol. The molecule has 0 aromatic rings. The van der Waals surface area contributed by atoms with Crippen molar-refractivity contribution in [3.63, 3.8) is 0 Å². The molecule has 0 aromatic heterocycles. The zero-order valence-electron chi connectivity index (χ0n) is 12.9. The van der Waals surface area contributed by atoms with Crippen molar-refractivity contribution in [3.8, 4) is 0 Å². The molecule has 0 radical (unpaired) electrons. The van der Waals surface area contributed by atoms with Gasteiger partial charge in [-0.1, -0.05) is 32.6 Å². The van der Waals surface area contributed by atoms with E-state index in [9.17, 15) is 0 Å². The van der Waals surface area contributed by atoms with Crippen LogP contribution in [0.4, 0.5) is 0 Å². The van der Waals surface area contributed by atoms with Crippen molar-refractivity contribution in [2.24, 2.45) is 0 Å². The van der Waals surface area contributed by atoms with Gasteiger partial charge in [0, 0.05) is 0 Å². The molecule has 0 unspecified atom stereocenters. The summed E-state index contributed by atoms with van der Waals surface area (Å²) < 4.78 is 8.52. The van der Waals surface area contributed by atoms with Gasteiger partial charge in [-0.3, -0.25) is 0 Å². The van der Waals surface area contributed by atoms with E-state index in [0.29, 0.717) is 0 Å². The van der Waals surface area contributed by atoms with Crippen molar-refractivity contribution < 1.29 is 73.5 Å². The third kappa shape index (κ3) is 3600. The van der Waals surface area contributed by atoms with E-state index in [1.54, 1.807) is 24.3 Å². The monoisotopic (exact) mass is 294 g/mol. The van der Waals surface area contributed by atoms with E-state index < -0.39 is 8.25 Å². The van der Waals surface area contributed by atoms with Crippen LogP contribution >= 0.6 is 8.25 Å². The van der Waals surface area contributed by atoms with Gasteiger partial charge in [0.15, 0.2) is 0 Å². The largest absolute Gasteiger partial charge is 1.00 e. The number of allylic oxidation sites excluding steroid dienone is 4. The Hall–Kier alpha value is 1.11. The van der Waals surface area contributed by atoms with Crippen LogP contribution in [-0.2, 0) is 4.57 Å². The van der Waals surface area contributed by atoms with E-state index in [1.807, 2.05) is 27.7 Å². The van der Waals surface area contributed by atoms with Crippen LogP contribution in [0.1, 0.15) is 27.7 Å². The molecule has 98 valence electrons. The molecule has 0 saturated heterocycles. The first-order valence-electron chi connectivity index (χ1n) is 4.55. The summed E-state index contributed by atoms with van der Waals surface area (Å²) in [5.74, 6) is 0. The number of rotatable bonds is 0. The SMILES string of the molecule is C=CC.C=CC.C=CC.C=CC.O=[PH]([O-])[O-].[Na+].[Na+]. The summed E-state index contributed by atoms with van der Waals surface area (Å²) in [5.41, 5.74) is 0. The van der Waals surface area contributed by atoms with Gasteiger partial charge in [-0.2, -0.15) is 0 Å². The zero-order valence-corrected chi connectivity index (χ0v) is 17.9. The van der Waals surface area contributed by atoms with Gasteiger partial charge in [0.25, 0.3) is 0 Å². The molecular weight excluding hydrogens is 269 g/mol. The summed E-state index contributed by atoms with van der Waals surface area (Å²) in [6.45, 7) is 21.0. The fraction of sp³-hybridized carbons (Fsp3) is 0.333. The van der Waals surface area contributed by atoms with Crippen molar-refractivity contribution in [2.75, 3.05) is 0 Å². The van der Waals surface area contributed by atoms with Gasteiger partial charge in [-0.05, 0) is 27.7 Å². The molecular formula is C12H25Na2O3P. The molecule has 18 heavy (non-hydrogen) atoms. The topological polar surface area (TPSA) is 63.2 Å². The smallest absolute Gasteiger partial charge is 0.813 e. The Balaban J connectivity index is -0.0000000164. The van der Waals surface area contributed by atoms with Crippen LogP contribution in [0, 0.1) is 0 Å². The Bertz CT molecular complexity index is 135. The Morgan fingerprint density at radius 3 is 0.722 bits per heavy atom. The minimum absolute atomic E-state index is 0. The van der Waals surface area contributed by atoms with E-state index in [1.165, 1.54) is 0 Å². The van der Waals surface area contributed by atoms with Gasteiger partial charge in [0.1, 0.15) is 0 Å². The summed E-state index contributed by atoms with van der Waals surface area (Å²) in [7, 11) is -3.63. The molecule has 0 aliphatic heterocycles. The summed E-state index contributed by atoms with van der Waals surface area (Å²) in [5, 5.41) is 0. The van der Waals surface area contributed by atoms with Crippen LogP contribution in [0.2, 0.25) is 0 Å². The van der Waals surface area contributed by atoms with Crippen molar-refractivity contribution in [1.82, 2.24) is 0 Å². The van der Waals surface area contributed by atoms with Gasteiger partial charge in [-0.15, -0.1) is 26.3 Å².